The van der Waals surface area contributed by atoms with Crippen LogP contribution in [0.5, 0.6) is 0 Å². The summed E-state index contributed by atoms with van der Waals surface area (Å²) in [6, 6.07) is 15.0. The Bertz CT molecular complexity index is 1000. The third-order valence-electron chi connectivity index (χ3n) is 5.25. The number of nitrogens with one attached hydrogen (secondary N) is 2. The van der Waals surface area contributed by atoms with E-state index in [4.69, 9.17) is 4.74 Å². The van der Waals surface area contributed by atoms with Crippen LogP contribution in [0, 0.1) is 0 Å². The van der Waals surface area contributed by atoms with Crippen molar-refractivity contribution in [1.29, 1.82) is 0 Å². The lowest BCUT2D eigenvalue weighted by Gasteiger charge is -2.35. The molecule has 2 aromatic carbocycles. The number of urea groups is 1. The molecule has 0 fully saturated rings. The van der Waals surface area contributed by atoms with Crippen LogP contribution >= 0.6 is 0 Å². The van der Waals surface area contributed by atoms with Gasteiger partial charge in [0.2, 0.25) is 0 Å². The maximum atomic E-state index is 12.8. The van der Waals surface area contributed by atoms with Crippen molar-refractivity contribution in [2.45, 2.75) is 32.7 Å². The molecule has 7 heteroatoms. The number of amides is 3. The minimum Gasteiger partial charge on any atom is -0.466 e. The fourth-order valence-corrected chi connectivity index (χ4v) is 3.58. The molecule has 0 aromatic heterocycles. The van der Waals surface area contributed by atoms with Gasteiger partial charge in [-0.3, -0.25) is 9.69 Å². The van der Waals surface area contributed by atoms with E-state index in [1.807, 2.05) is 13.0 Å². The predicted molar refractivity (Wildman–Crippen MR) is 118 cm³/mol. The van der Waals surface area contributed by atoms with Crippen LogP contribution < -0.4 is 10.6 Å². The Hall–Kier alpha value is -3.61. The summed E-state index contributed by atoms with van der Waals surface area (Å²) in [4.78, 5) is 39.4. The van der Waals surface area contributed by atoms with Gasteiger partial charge in [0.15, 0.2) is 0 Å². The molecule has 0 aliphatic carbocycles. The summed E-state index contributed by atoms with van der Waals surface area (Å²) >= 11 is 0. The third kappa shape index (κ3) is 4.94. The highest BCUT2D eigenvalue weighted by molar-refractivity contribution is 6.04. The van der Waals surface area contributed by atoms with Gasteiger partial charge in [-0.15, -0.1) is 0 Å². The van der Waals surface area contributed by atoms with Crippen LogP contribution in [0.3, 0.4) is 0 Å². The van der Waals surface area contributed by atoms with Crippen molar-refractivity contribution in [3.05, 3.63) is 77.0 Å². The maximum absolute atomic E-state index is 12.8. The molecule has 162 valence electrons. The summed E-state index contributed by atoms with van der Waals surface area (Å²) in [5.41, 5.74) is 2.74. The van der Waals surface area contributed by atoms with Gasteiger partial charge in [-0.1, -0.05) is 43.7 Å². The van der Waals surface area contributed by atoms with Crippen LogP contribution in [-0.4, -0.2) is 36.5 Å². The van der Waals surface area contributed by atoms with E-state index < -0.39 is 12.0 Å². The first-order chi connectivity index (χ1) is 15.0. The fourth-order valence-electron chi connectivity index (χ4n) is 3.58. The second kappa shape index (κ2) is 9.93. The van der Waals surface area contributed by atoms with E-state index in [0.29, 0.717) is 34.6 Å². The number of benzene rings is 2. The number of hydrogen-bond acceptors (Lipinski definition) is 4. The molecule has 1 aliphatic rings. The van der Waals surface area contributed by atoms with E-state index in [2.05, 4.69) is 10.6 Å². The Morgan fingerprint density at radius 3 is 2.55 bits per heavy atom. The molecule has 1 atom stereocenters. The molecule has 0 radical (unpaired) electrons. The van der Waals surface area contributed by atoms with Gasteiger partial charge < -0.3 is 15.4 Å². The van der Waals surface area contributed by atoms with Gasteiger partial charge in [0.25, 0.3) is 5.91 Å². The largest absolute Gasteiger partial charge is 0.466 e. The molecule has 3 amide bonds. The number of carbonyl (C=O) groups is 3. The SMILES string of the molecule is CCCCN1C(=O)N[C@H](c2cccc(NC(=O)c3ccccc3)c2)C(C(=O)OC)=C1C. The highest BCUT2D eigenvalue weighted by Crippen LogP contribution is 2.32. The second-order valence-corrected chi connectivity index (χ2v) is 7.32. The normalized spacial score (nSPS) is 16.0. The molecular weight excluding hydrogens is 394 g/mol. The first-order valence-electron chi connectivity index (χ1n) is 10.3. The zero-order valence-corrected chi connectivity index (χ0v) is 18.0. The Morgan fingerprint density at radius 2 is 1.87 bits per heavy atom. The number of unbranched alkanes of at least 4 members (excludes halogenated alkanes) is 1. The number of hydrogen-bond donors (Lipinski definition) is 2. The van der Waals surface area contributed by atoms with Crippen molar-refractivity contribution < 1.29 is 19.1 Å². The van der Waals surface area contributed by atoms with Crippen molar-refractivity contribution >= 4 is 23.6 Å². The standard InChI is InChI=1S/C24H27N3O4/c1-4-5-14-27-16(2)20(23(29)31-3)21(26-24(27)30)18-12-9-13-19(15-18)25-22(28)17-10-7-6-8-11-17/h6-13,15,21H,4-5,14H2,1-3H3,(H,25,28)(H,26,30)/t21-/m1/s1. The molecule has 0 unspecified atom stereocenters. The van der Waals surface area contributed by atoms with Gasteiger partial charge in [0, 0.05) is 23.5 Å². The Morgan fingerprint density at radius 1 is 1.13 bits per heavy atom. The van der Waals surface area contributed by atoms with Crippen LogP contribution in [0.15, 0.2) is 65.9 Å². The smallest absolute Gasteiger partial charge is 0.337 e. The zero-order chi connectivity index (χ0) is 22.4. The highest BCUT2D eigenvalue weighted by atomic mass is 16.5. The average Bonchev–Trinajstić information content (AvgIpc) is 2.79. The summed E-state index contributed by atoms with van der Waals surface area (Å²) in [7, 11) is 1.32. The molecule has 7 nitrogen and oxygen atoms in total. The zero-order valence-electron chi connectivity index (χ0n) is 18.0. The number of ether oxygens (including phenoxy) is 1. The molecule has 0 bridgehead atoms. The van der Waals surface area contributed by atoms with E-state index in [1.54, 1.807) is 60.4 Å². The van der Waals surface area contributed by atoms with E-state index in [-0.39, 0.29) is 11.9 Å². The summed E-state index contributed by atoms with van der Waals surface area (Å²) in [5, 5.41) is 5.78. The Kier molecular flexibility index (Phi) is 7.07. The van der Waals surface area contributed by atoms with Gasteiger partial charge in [-0.25, -0.2) is 9.59 Å². The summed E-state index contributed by atoms with van der Waals surface area (Å²) in [6.45, 7) is 4.32. The molecule has 3 rings (SSSR count). The summed E-state index contributed by atoms with van der Waals surface area (Å²) in [5.74, 6) is -0.737. The van der Waals surface area contributed by atoms with Gasteiger partial charge in [-0.05, 0) is 43.2 Å². The molecule has 0 saturated heterocycles. The number of carbonyl (C=O) groups excluding carboxylic acids is 3. The fraction of sp³-hybridized carbons (Fsp3) is 0.292. The number of anilines is 1. The molecule has 2 N–H and O–H groups in total. The predicted octanol–water partition coefficient (Wildman–Crippen LogP) is 4.25. The van der Waals surface area contributed by atoms with Crippen molar-refractivity contribution in [1.82, 2.24) is 10.2 Å². The Balaban J connectivity index is 1.92. The molecule has 1 heterocycles. The number of nitrogens with zero attached hydrogens (tertiary/aromatic N) is 1. The molecule has 1 aliphatic heterocycles. The van der Waals surface area contributed by atoms with Crippen molar-refractivity contribution in [3.63, 3.8) is 0 Å². The van der Waals surface area contributed by atoms with Crippen LogP contribution in [0.1, 0.15) is 48.7 Å². The first kappa shape index (κ1) is 22.1. The van der Waals surface area contributed by atoms with Gasteiger partial charge in [-0.2, -0.15) is 0 Å². The van der Waals surface area contributed by atoms with E-state index in [9.17, 15) is 14.4 Å². The molecular formula is C24H27N3O4. The quantitative estimate of drug-likeness (QED) is 0.654. The molecule has 2 aromatic rings. The topological polar surface area (TPSA) is 87.7 Å². The number of rotatable bonds is 7. The lowest BCUT2D eigenvalue weighted by Crippen LogP contribution is -2.48. The first-order valence-corrected chi connectivity index (χ1v) is 10.3. The van der Waals surface area contributed by atoms with Gasteiger partial charge >= 0.3 is 12.0 Å². The van der Waals surface area contributed by atoms with Gasteiger partial charge in [0.1, 0.15) is 0 Å². The second-order valence-electron chi connectivity index (χ2n) is 7.32. The monoisotopic (exact) mass is 421 g/mol. The lowest BCUT2D eigenvalue weighted by atomic mass is 9.94. The summed E-state index contributed by atoms with van der Waals surface area (Å²) < 4.78 is 5.01. The van der Waals surface area contributed by atoms with Gasteiger partial charge in [0.05, 0.1) is 18.7 Å². The van der Waals surface area contributed by atoms with Crippen LogP contribution in [-0.2, 0) is 9.53 Å². The molecule has 31 heavy (non-hydrogen) atoms. The van der Waals surface area contributed by atoms with E-state index >= 15 is 0 Å². The minimum atomic E-state index is -0.675. The highest BCUT2D eigenvalue weighted by Gasteiger charge is 2.36. The third-order valence-corrected chi connectivity index (χ3v) is 5.25. The number of esters is 1. The van der Waals surface area contributed by atoms with Crippen LogP contribution in [0.2, 0.25) is 0 Å². The number of allylic oxidation sites excluding steroid dienone is 1. The van der Waals surface area contributed by atoms with Crippen molar-refractivity contribution in [3.8, 4) is 0 Å². The summed E-state index contributed by atoms with van der Waals surface area (Å²) in [6.07, 6.45) is 1.75. The van der Waals surface area contributed by atoms with Crippen LogP contribution in [0.4, 0.5) is 10.5 Å². The van der Waals surface area contributed by atoms with E-state index in [0.717, 1.165) is 12.8 Å². The Labute approximate surface area is 182 Å². The van der Waals surface area contributed by atoms with Crippen LogP contribution in [0.25, 0.3) is 0 Å². The minimum absolute atomic E-state index is 0.240. The molecule has 0 saturated carbocycles. The lowest BCUT2D eigenvalue weighted by molar-refractivity contribution is -0.136. The van der Waals surface area contributed by atoms with E-state index in [1.165, 1.54) is 7.11 Å². The maximum Gasteiger partial charge on any atom is 0.337 e. The molecule has 0 spiro atoms. The van der Waals surface area contributed by atoms with Crippen molar-refractivity contribution in [2.24, 2.45) is 0 Å². The average molecular weight is 421 g/mol. The van der Waals surface area contributed by atoms with Crippen molar-refractivity contribution in [2.75, 3.05) is 19.0 Å². The number of methoxy groups -OCH3 is 1.